The van der Waals surface area contributed by atoms with E-state index in [2.05, 4.69) is 32.2 Å². The second kappa shape index (κ2) is 4.78. The van der Waals surface area contributed by atoms with Crippen molar-refractivity contribution in [2.24, 2.45) is 0 Å². The maximum atomic E-state index is 6.08. The van der Waals surface area contributed by atoms with Crippen molar-refractivity contribution in [1.29, 1.82) is 0 Å². The number of nitrogens with zero attached hydrogens (tertiary/aromatic N) is 2. The first kappa shape index (κ1) is 13.7. The second-order valence-electron chi connectivity index (χ2n) is 7.11. The Labute approximate surface area is 129 Å². The third-order valence-electron chi connectivity index (χ3n) is 4.32. The SMILES string of the molecule is CC(C)(C)c1nc([C@@H]2CCCN2)nc2c1oc1ccccc12. The molecule has 0 aliphatic carbocycles. The van der Waals surface area contributed by atoms with Crippen molar-refractivity contribution in [3.05, 3.63) is 35.8 Å². The summed E-state index contributed by atoms with van der Waals surface area (Å²) in [6, 6.07) is 8.36. The molecular formula is C18H21N3O. The summed E-state index contributed by atoms with van der Waals surface area (Å²) < 4.78 is 6.08. The largest absolute Gasteiger partial charge is 0.452 e. The predicted molar refractivity (Wildman–Crippen MR) is 88.0 cm³/mol. The lowest BCUT2D eigenvalue weighted by Crippen LogP contribution is -2.20. The summed E-state index contributed by atoms with van der Waals surface area (Å²) in [7, 11) is 0. The van der Waals surface area contributed by atoms with Crippen LogP contribution in [0.1, 0.15) is 51.2 Å². The number of hydrogen-bond acceptors (Lipinski definition) is 4. The Bertz CT molecular complexity index is 839. The Hall–Kier alpha value is -1.94. The molecule has 0 radical (unpaired) electrons. The van der Waals surface area contributed by atoms with E-state index in [0.29, 0.717) is 0 Å². The Kier molecular flexibility index (Phi) is 2.98. The van der Waals surface area contributed by atoms with Gasteiger partial charge in [-0.3, -0.25) is 0 Å². The van der Waals surface area contributed by atoms with Crippen LogP contribution < -0.4 is 5.32 Å². The molecule has 114 valence electrons. The molecule has 3 aromatic rings. The molecule has 1 atom stereocenters. The van der Waals surface area contributed by atoms with Gasteiger partial charge >= 0.3 is 0 Å². The second-order valence-corrected chi connectivity index (χ2v) is 7.11. The molecule has 1 aromatic carbocycles. The van der Waals surface area contributed by atoms with Gasteiger partial charge in [-0.1, -0.05) is 32.9 Å². The van der Waals surface area contributed by atoms with E-state index in [0.717, 1.165) is 46.6 Å². The van der Waals surface area contributed by atoms with Crippen LogP contribution in [0.2, 0.25) is 0 Å². The zero-order valence-corrected chi connectivity index (χ0v) is 13.3. The lowest BCUT2D eigenvalue weighted by atomic mass is 9.91. The van der Waals surface area contributed by atoms with Gasteiger partial charge in [-0.25, -0.2) is 9.97 Å². The van der Waals surface area contributed by atoms with Crippen molar-refractivity contribution in [2.75, 3.05) is 6.54 Å². The van der Waals surface area contributed by atoms with Crippen LogP contribution >= 0.6 is 0 Å². The highest BCUT2D eigenvalue weighted by Crippen LogP contribution is 2.35. The number of furan rings is 1. The average molecular weight is 295 g/mol. The first-order valence-electron chi connectivity index (χ1n) is 7.97. The highest BCUT2D eigenvalue weighted by atomic mass is 16.3. The van der Waals surface area contributed by atoms with Crippen LogP contribution in [0.4, 0.5) is 0 Å². The highest BCUT2D eigenvalue weighted by Gasteiger charge is 2.27. The summed E-state index contributed by atoms with van der Waals surface area (Å²) in [6.07, 6.45) is 2.29. The summed E-state index contributed by atoms with van der Waals surface area (Å²) >= 11 is 0. The number of fused-ring (bicyclic) bond motifs is 3. The Balaban J connectivity index is 2.05. The fourth-order valence-corrected chi connectivity index (χ4v) is 3.18. The minimum atomic E-state index is -0.0809. The minimum absolute atomic E-state index is 0.0809. The van der Waals surface area contributed by atoms with Gasteiger partial charge in [-0.2, -0.15) is 0 Å². The maximum absolute atomic E-state index is 6.08. The van der Waals surface area contributed by atoms with E-state index in [4.69, 9.17) is 14.4 Å². The summed E-state index contributed by atoms with van der Waals surface area (Å²) in [5.41, 5.74) is 3.57. The summed E-state index contributed by atoms with van der Waals surface area (Å²) in [6.45, 7) is 7.57. The molecule has 4 rings (SSSR count). The van der Waals surface area contributed by atoms with Crippen molar-refractivity contribution >= 4 is 22.1 Å². The smallest absolute Gasteiger partial charge is 0.175 e. The van der Waals surface area contributed by atoms with Crippen molar-refractivity contribution in [3.63, 3.8) is 0 Å². The van der Waals surface area contributed by atoms with Crippen molar-refractivity contribution in [2.45, 2.75) is 45.1 Å². The van der Waals surface area contributed by atoms with Gasteiger partial charge in [-0.15, -0.1) is 0 Å². The van der Waals surface area contributed by atoms with Crippen LogP contribution in [0, 0.1) is 0 Å². The van der Waals surface area contributed by atoms with Gasteiger partial charge in [0.25, 0.3) is 0 Å². The van der Waals surface area contributed by atoms with Crippen molar-refractivity contribution in [3.8, 4) is 0 Å². The number of rotatable bonds is 1. The van der Waals surface area contributed by atoms with Gasteiger partial charge in [0.2, 0.25) is 0 Å². The molecule has 1 aliphatic heterocycles. The van der Waals surface area contributed by atoms with Gasteiger partial charge in [-0.05, 0) is 31.5 Å². The molecule has 0 spiro atoms. The molecule has 1 aliphatic rings. The third-order valence-corrected chi connectivity index (χ3v) is 4.32. The predicted octanol–water partition coefficient (Wildman–Crippen LogP) is 4.10. The van der Waals surface area contributed by atoms with E-state index in [9.17, 15) is 0 Å². The molecule has 0 unspecified atom stereocenters. The molecule has 0 saturated carbocycles. The van der Waals surface area contributed by atoms with Crippen LogP contribution in [0.25, 0.3) is 22.1 Å². The zero-order valence-electron chi connectivity index (χ0n) is 13.3. The minimum Gasteiger partial charge on any atom is -0.452 e. The van der Waals surface area contributed by atoms with E-state index < -0.39 is 0 Å². The standard InChI is InChI=1S/C18H21N3O/c1-18(2,3)16-15-14(11-7-4-5-9-13(11)22-15)20-17(21-16)12-8-6-10-19-12/h4-5,7,9,12,19H,6,8,10H2,1-3H3/t12-/m0/s1. The molecule has 4 nitrogen and oxygen atoms in total. The van der Waals surface area contributed by atoms with Crippen LogP contribution in [-0.4, -0.2) is 16.5 Å². The molecule has 0 amide bonds. The molecule has 4 heteroatoms. The monoisotopic (exact) mass is 295 g/mol. The van der Waals surface area contributed by atoms with Gasteiger partial charge in [0, 0.05) is 10.8 Å². The topological polar surface area (TPSA) is 51.0 Å². The van der Waals surface area contributed by atoms with E-state index in [1.54, 1.807) is 0 Å². The number of para-hydroxylation sites is 1. The number of benzene rings is 1. The Morgan fingerprint density at radius 2 is 2.00 bits per heavy atom. The van der Waals surface area contributed by atoms with E-state index >= 15 is 0 Å². The van der Waals surface area contributed by atoms with Crippen LogP contribution in [0.5, 0.6) is 0 Å². The maximum Gasteiger partial charge on any atom is 0.175 e. The normalized spacial score (nSPS) is 19.3. The first-order chi connectivity index (χ1) is 10.5. The van der Waals surface area contributed by atoms with Gasteiger partial charge in [0.05, 0.1) is 11.7 Å². The van der Waals surface area contributed by atoms with E-state index in [1.807, 2.05) is 18.2 Å². The third kappa shape index (κ3) is 2.10. The quantitative estimate of drug-likeness (QED) is 0.734. The van der Waals surface area contributed by atoms with Gasteiger partial charge in [0.15, 0.2) is 5.58 Å². The fourth-order valence-electron chi connectivity index (χ4n) is 3.18. The van der Waals surface area contributed by atoms with Gasteiger partial charge < -0.3 is 9.73 Å². The molecule has 0 bridgehead atoms. The molecule has 3 heterocycles. The van der Waals surface area contributed by atoms with Crippen molar-refractivity contribution < 1.29 is 4.42 Å². The lowest BCUT2D eigenvalue weighted by molar-refractivity contribution is 0.532. The molecule has 2 aromatic heterocycles. The van der Waals surface area contributed by atoms with Crippen LogP contribution in [0.15, 0.2) is 28.7 Å². The lowest BCUT2D eigenvalue weighted by Gasteiger charge is -2.19. The molecule has 1 N–H and O–H groups in total. The summed E-state index contributed by atoms with van der Waals surface area (Å²) in [5.74, 6) is 0.904. The highest BCUT2D eigenvalue weighted by molar-refractivity contribution is 6.03. The first-order valence-corrected chi connectivity index (χ1v) is 7.97. The number of aromatic nitrogens is 2. The van der Waals surface area contributed by atoms with Crippen LogP contribution in [-0.2, 0) is 5.41 Å². The molecule has 1 fully saturated rings. The van der Waals surface area contributed by atoms with Crippen LogP contribution in [0.3, 0.4) is 0 Å². The molecule has 22 heavy (non-hydrogen) atoms. The van der Waals surface area contributed by atoms with Crippen molar-refractivity contribution in [1.82, 2.24) is 15.3 Å². The van der Waals surface area contributed by atoms with E-state index in [1.165, 1.54) is 6.42 Å². The van der Waals surface area contributed by atoms with E-state index in [-0.39, 0.29) is 11.5 Å². The zero-order chi connectivity index (χ0) is 15.3. The summed E-state index contributed by atoms with van der Waals surface area (Å²) in [4.78, 5) is 9.73. The fraction of sp³-hybridized carbons (Fsp3) is 0.444. The Morgan fingerprint density at radius 1 is 1.18 bits per heavy atom. The van der Waals surface area contributed by atoms with Gasteiger partial charge in [0.1, 0.15) is 16.9 Å². The molecular weight excluding hydrogens is 274 g/mol. The molecule has 1 saturated heterocycles. The number of nitrogens with one attached hydrogen (secondary N) is 1. The summed E-state index contributed by atoms with van der Waals surface area (Å²) in [5, 5.41) is 4.57. The Morgan fingerprint density at radius 3 is 2.73 bits per heavy atom. The average Bonchev–Trinajstić information content (AvgIpc) is 3.12. The number of hydrogen-bond donors (Lipinski definition) is 1.